The smallest absolute Gasteiger partial charge is 0.254 e. The molecule has 0 saturated carbocycles. The van der Waals surface area contributed by atoms with Gasteiger partial charge >= 0.3 is 0 Å². The number of halogens is 1. The lowest BCUT2D eigenvalue weighted by Gasteiger charge is -2.33. The van der Waals surface area contributed by atoms with Gasteiger partial charge in [-0.1, -0.05) is 12.1 Å². The Kier molecular flexibility index (Phi) is 3.99. The fourth-order valence-corrected chi connectivity index (χ4v) is 3.59. The number of fused-ring (bicyclic) bond motifs is 1. The number of amides is 1. The Hall–Kier alpha value is -2.70. The highest BCUT2D eigenvalue weighted by molar-refractivity contribution is 5.96. The molecule has 1 aromatic carbocycles. The van der Waals surface area contributed by atoms with Crippen LogP contribution in [0.3, 0.4) is 0 Å². The molecule has 0 aliphatic carbocycles. The van der Waals surface area contributed by atoms with Gasteiger partial charge in [0.05, 0.1) is 5.57 Å². The fourth-order valence-electron chi connectivity index (χ4n) is 3.59. The standard InChI is InChI=1S/C18H20FN5O/c1-12-15(17(25)23-9-3-2-4-10-23)16(13-5-7-14(19)8-6-13)24-18(22-12)20-11-21-24/h5-8,11,16H,2-4,9-10H2,1H3,(H,20,21,22)/t16-/m0/s1. The van der Waals surface area contributed by atoms with Crippen LogP contribution in [0.25, 0.3) is 0 Å². The summed E-state index contributed by atoms with van der Waals surface area (Å²) in [4.78, 5) is 19.4. The topological polar surface area (TPSA) is 63.1 Å². The summed E-state index contributed by atoms with van der Waals surface area (Å²) in [5, 5.41) is 7.46. The van der Waals surface area contributed by atoms with Crippen LogP contribution in [0.1, 0.15) is 37.8 Å². The third kappa shape index (κ3) is 2.79. The molecule has 0 bridgehead atoms. The van der Waals surface area contributed by atoms with Crippen molar-refractivity contribution in [3.05, 3.63) is 53.2 Å². The van der Waals surface area contributed by atoms with Crippen LogP contribution >= 0.6 is 0 Å². The maximum absolute atomic E-state index is 13.4. The second kappa shape index (κ2) is 6.31. The van der Waals surface area contributed by atoms with E-state index in [4.69, 9.17) is 0 Å². The Morgan fingerprint density at radius 2 is 1.92 bits per heavy atom. The number of nitrogens with zero attached hydrogens (tertiary/aromatic N) is 4. The first-order chi connectivity index (χ1) is 12.1. The molecule has 130 valence electrons. The molecule has 0 spiro atoms. The van der Waals surface area contributed by atoms with Crippen LogP contribution in [0.2, 0.25) is 0 Å². The number of benzene rings is 1. The number of hydrogen-bond acceptors (Lipinski definition) is 4. The summed E-state index contributed by atoms with van der Waals surface area (Å²) < 4.78 is 15.1. The van der Waals surface area contributed by atoms with Gasteiger partial charge < -0.3 is 10.2 Å². The third-order valence-corrected chi connectivity index (χ3v) is 4.85. The lowest BCUT2D eigenvalue weighted by atomic mass is 9.94. The molecule has 1 aromatic heterocycles. The Morgan fingerprint density at radius 3 is 2.64 bits per heavy atom. The van der Waals surface area contributed by atoms with Crippen molar-refractivity contribution in [2.24, 2.45) is 0 Å². The first-order valence-electron chi connectivity index (χ1n) is 8.57. The second-order valence-corrected chi connectivity index (χ2v) is 6.50. The second-order valence-electron chi connectivity index (χ2n) is 6.50. The van der Waals surface area contributed by atoms with Gasteiger partial charge in [-0.3, -0.25) is 4.79 Å². The van der Waals surface area contributed by atoms with Crippen LogP contribution < -0.4 is 5.32 Å². The molecule has 1 saturated heterocycles. The number of allylic oxidation sites excluding steroid dienone is 1. The molecule has 0 radical (unpaired) electrons. The Bertz CT molecular complexity index is 820. The monoisotopic (exact) mass is 341 g/mol. The summed E-state index contributed by atoms with van der Waals surface area (Å²) >= 11 is 0. The van der Waals surface area contributed by atoms with Gasteiger partial charge in [0.25, 0.3) is 5.91 Å². The molecule has 7 heteroatoms. The number of aromatic nitrogens is 3. The van der Waals surface area contributed by atoms with E-state index in [1.165, 1.54) is 18.5 Å². The molecule has 1 fully saturated rings. The number of carbonyl (C=O) groups excluding carboxylic acids is 1. The SMILES string of the molecule is CC1=C(C(=O)N2CCCCC2)[C@H](c2ccc(F)cc2)n2ncnc2N1. The van der Waals surface area contributed by atoms with Gasteiger partial charge in [-0.2, -0.15) is 10.1 Å². The normalized spacial score (nSPS) is 20.2. The maximum Gasteiger partial charge on any atom is 0.254 e. The zero-order valence-electron chi connectivity index (χ0n) is 14.1. The number of hydrogen-bond donors (Lipinski definition) is 1. The average Bonchev–Trinajstić information content (AvgIpc) is 3.09. The molecule has 25 heavy (non-hydrogen) atoms. The summed E-state index contributed by atoms with van der Waals surface area (Å²) in [6, 6.07) is 5.81. The highest BCUT2D eigenvalue weighted by Crippen LogP contribution is 2.35. The molecule has 3 heterocycles. The van der Waals surface area contributed by atoms with Crippen LogP contribution in [0.5, 0.6) is 0 Å². The van der Waals surface area contributed by atoms with Crippen LogP contribution in [-0.2, 0) is 4.79 Å². The minimum atomic E-state index is -0.409. The first kappa shape index (κ1) is 15.8. The molecule has 1 N–H and O–H groups in total. The summed E-state index contributed by atoms with van der Waals surface area (Å²) in [6.07, 6.45) is 4.68. The van der Waals surface area contributed by atoms with Gasteiger partial charge in [0.1, 0.15) is 18.2 Å². The highest BCUT2D eigenvalue weighted by atomic mass is 19.1. The molecule has 2 aliphatic rings. The maximum atomic E-state index is 13.4. The molecule has 0 unspecified atom stereocenters. The minimum absolute atomic E-state index is 0.0141. The molecule has 6 nitrogen and oxygen atoms in total. The van der Waals surface area contributed by atoms with Crippen molar-refractivity contribution in [2.45, 2.75) is 32.2 Å². The number of piperidine rings is 1. The van der Waals surface area contributed by atoms with Crippen LogP contribution in [0.15, 0.2) is 41.9 Å². The van der Waals surface area contributed by atoms with E-state index in [-0.39, 0.29) is 11.7 Å². The summed E-state index contributed by atoms with van der Waals surface area (Å²) in [7, 11) is 0. The van der Waals surface area contributed by atoms with Gasteiger partial charge in [-0.15, -0.1) is 0 Å². The van der Waals surface area contributed by atoms with Gasteiger partial charge in [0.2, 0.25) is 5.95 Å². The van der Waals surface area contributed by atoms with Crippen LogP contribution in [0.4, 0.5) is 10.3 Å². The van der Waals surface area contributed by atoms with Crippen molar-refractivity contribution >= 4 is 11.9 Å². The van der Waals surface area contributed by atoms with Crippen LogP contribution in [0, 0.1) is 5.82 Å². The molecule has 4 rings (SSSR count). The highest BCUT2D eigenvalue weighted by Gasteiger charge is 2.35. The number of likely N-dealkylation sites (tertiary alicyclic amines) is 1. The zero-order valence-corrected chi connectivity index (χ0v) is 14.1. The van der Waals surface area contributed by atoms with Gasteiger partial charge in [-0.05, 0) is 43.9 Å². The van der Waals surface area contributed by atoms with Crippen molar-refractivity contribution in [3.63, 3.8) is 0 Å². The Labute approximate surface area is 145 Å². The van der Waals surface area contributed by atoms with Crippen LogP contribution in [-0.4, -0.2) is 38.7 Å². The number of rotatable bonds is 2. The van der Waals surface area contributed by atoms with E-state index < -0.39 is 6.04 Å². The van der Waals surface area contributed by atoms with E-state index in [9.17, 15) is 9.18 Å². The minimum Gasteiger partial charge on any atom is -0.339 e. The van der Waals surface area contributed by atoms with Crippen molar-refractivity contribution in [3.8, 4) is 0 Å². The van der Waals surface area contributed by atoms with Crippen molar-refractivity contribution in [1.82, 2.24) is 19.7 Å². The van der Waals surface area contributed by atoms with Gasteiger partial charge in [-0.25, -0.2) is 9.07 Å². The summed E-state index contributed by atoms with van der Waals surface area (Å²) in [6.45, 7) is 3.43. The van der Waals surface area contributed by atoms with E-state index in [2.05, 4.69) is 15.4 Å². The number of anilines is 1. The largest absolute Gasteiger partial charge is 0.339 e. The van der Waals surface area contributed by atoms with Crippen molar-refractivity contribution in [2.75, 3.05) is 18.4 Å². The number of carbonyl (C=O) groups is 1. The first-order valence-corrected chi connectivity index (χ1v) is 8.57. The quantitative estimate of drug-likeness (QED) is 0.912. The van der Waals surface area contributed by atoms with Gasteiger partial charge in [0.15, 0.2) is 0 Å². The fraction of sp³-hybridized carbons (Fsp3) is 0.389. The predicted octanol–water partition coefficient (Wildman–Crippen LogP) is 2.72. The summed E-state index contributed by atoms with van der Waals surface area (Å²) in [5.41, 5.74) is 2.23. The van der Waals surface area contributed by atoms with E-state index in [1.54, 1.807) is 16.8 Å². The molecular weight excluding hydrogens is 321 g/mol. The molecule has 1 atom stereocenters. The van der Waals surface area contributed by atoms with E-state index in [0.717, 1.165) is 43.6 Å². The molecule has 1 amide bonds. The number of nitrogens with one attached hydrogen (secondary N) is 1. The Balaban J connectivity index is 1.78. The zero-order chi connectivity index (χ0) is 17.4. The van der Waals surface area contributed by atoms with Gasteiger partial charge in [0, 0.05) is 18.8 Å². The molecular formula is C18H20FN5O. The third-order valence-electron chi connectivity index (χ3n) is 4.85. The molecule has 2 aliphatic heterocycles. The molecule has 2 aromatic rings. The van der Waals surface area contributed by atoms with E-state index in [1.807, 2.05) is 11.8 Å². The van der Waals surface area contributed by atoms with Crippen molar-refractivity contribution < 1.29 is 9.18 Å². The lowest BCUT2D eigenvalue weighted by Crippen LogP contribution is -2.41. The average molecular weight is 341 g/mol. The van der Waals surface area contributed by atoms with E-state index in [0.29, 0.717) is 11.5 Å². The predicted molar refractivity (Wildman–Crippen MR) is 91.3 cm³/mol. The lowest BCUT2D eigenvalue weighted by molar-refractivity contribution is -0.128. The Morgan fingerprint density at radius 1 is 1.20 bits per heavy atom. The van der Waals surface area contributed by atoms with Crippen molar-refractivity contribution in [1.29, 1.82) is 0 Å². The summed E-state index contributed by atoms with van der Waals surface area (Å²) in [5.74, 6) is 0.295. The van der Waals surface area contributed by atoms with E-state index >= 15 is 0 Å².